The molecule has 0 aromatic carbocycles. The van der Waals surface area contributed by atoms with Gasteiger partial charge in [-0.15, -0.1) is 0 Å². The fraction of sp³-hybridized carbons (Fsp3) is 0.500. The van der Waals surface area contributed by atoms with Gasteiger partial charge in [-0.25, -0.2) is 0 Å². The third-order valence-corrected chi connectivity index (χ3v) is 2.73. The average Bonchev–Trinajstić information content (AvgIpc) is 2.37. The molecule has 0 bridgehead atoms. The number of H-pyrrole nitrogens is 1. The molecule has 0 amide bonds. The van der Waals surface area contributed by atoms with Gasteiger partial charge in [-0.3, -0.25) is 0 Å². The molecule has 11 heavy (non-hydrogen) atoms. The van der Waals surface area contributed by atoms with Gasteiger partial charge >= 0.3 is 0 Å². The normalized spacial score (nSPS) is 13.3. The van der Waals surface area contributed by atoms with E-state index in [0.717, 1.165) is 17.4 Å². The highest BCUT2D eigenvalue weighted by Crippen LogP contribution is 2.18. The molecule has 0 aliphatic heterocycles. The quantitative estimate of drug-likeness (QED) is 0.750. The van der Waals surface area contributed by atoms with Crippen molar-refractivity contribution in [1.29, 1.82) is 0 Å². The van der Waals surface area contributed by atoms with E-state index in [1.165, 1.54) is 0 Å². The first-order valence-corrected chi connectivity index (χ1v) is 4.77. The summed E-state index contributed by atoms with van der Waals surface area (Å²) < 4.78 is 0. The molecule has 0 aliphatic carbocycles. The molecule has 0 saturated carbocycles. The van der Waals surface area contributed by atoms with Crippen LogP contribution in [0.5, 0.6) is 5.75 Å². The molecule has 1 unspecified atom stereocenters. The van der Waals surface area contributed by atoms with Crippen molar-refractivity contribution in [3.63, 3.8) is 0 Å². The Labute approximate surface area is 74.8 Å². The predicted octanol–water partition coefficient (Wildman–Crippen LogP) is 2.29. The molecule has 1 rings (SSSR count). The Balaban J connectivity index is 2.56. The van der Waals surface area contributed by atoms with Gasteiger partial charge in [0.15, 0.2) is 0 Å². The molecule has 62 valence electrons. The summed E-state index contributed by atoms with van der Waals surface area (Å²) in [6.45, 7) is 2.13. The lowest BCUT2D eigenvalue weighted by Crippen LogP contribution is -2.00. The lowest BCUT2D eigenvalue weighted by molar-refractivity contribution is 0.463. The third-order valence-electron chi connectivity index (χ3n) is 1.62. The second kappa shape index (κ2) is 3.81. The van der Waals surface area contributed by atoms with Crippen molar-refractivity contribution in [1.82, 2.24) is 4.98 Å². The zero-order chi connectivity index (χ0) is 8.27. The number of hydrogen-bond donors (Lipinski definition) is 2. The van der Waals surface area contributed by atoms with E-state index in [2.05, 4.69) is 27.8 Å². The molecule has 1 atom stereocenters. The van der Waals surface area contributed by atoms with Crippen molar-refractivity contribution in [2.45, 2.75) is 13.3 Å². The van der Waals surface area contributed by atoms with Crippen molar-refractivity contribution < 1.29 is 5.11 Å². The fourth-order valence-electron chi connectivity index (χ4n) is 0.962. The molecule has 0 aliphatic rings. The van der Waals surface area contributed by atoms with Gasteiger partial charge in [0.1, 0.15) is 5.75 Å². The summed E-state index contributed by atoms with van der Waals surface area (Å²) in [5.74, 6) is 0.928. The minimum Gasteiger partial charge on any atom is -0.506 e. The Morgan fingerprint density at radius 1 is 1.73 bits per heavy atom. The number of nitrogens with one attached hydrogen (secondary N) is 1. The minimum atomic E-state index is 0.373. The number of halogens is 1. The van der Waals surface area contributed by atoms with Crippen molar-refractivity contribution in [2.75, 3.05) is 5.33 Å². The highest BCUT2D eigenvalue weighted by atomic mass is 79.9. The average molecular weight is 218 g/mol. The molecule has 0 spiro atoms. The molecular weight excluding hydrogens is 206 g/mol. The van der Waals surface area contributed by atoms with Gasteiger partial charge in [0.2, 0.25) is 0 Å². The van der Waals surface area contributed by atoms with E-state index in [0.29, 0.717) is 11.7 Å². The van der Waals surface area contributed by atoms with E-state index in [4.69, 9.17) is 0 Å². The first-order valence-electron chi connectivity index (χ1n) is 3.65. The van der Waals surface area contributed by atoms with E-state index in [9.17, 15) is 5.11 Å². The van der Waals surface area contributed by atoms with Crippen LogP contribution < -0.4 is 0 Å². The van der Waals surface area contributed by atoms with Gasteiger partial charge in [0.25, 0.3) is 0 Å². The van der Waals surface area contributed by atoms with Crippen molar-refractivity contribution in [3.8, 4) is 5.75 Å². The van der Waals surface area contributed by atoms with Gasteiger partial charge in [-0.2, -0.15) is 0 Å². The number of alkyl halides is 1. The molecular formula is C8H12BrNO. The molecule has 0 fully saturated rings. The Bertz CT molecular complexity index is 222. The lowest BCUT2D eigenvalue weighted by atomic mass is 10.1. The van der Waals surface area contributed by atoms with Crippen LogP contribution in [-0.4, -0.2) is 15.4 Å². The van der Waals surface area contributed by atoms with Crippen LogP contribution in [0.15, 0.2) is 12.3 Å². The van der Waals surface area contributed by atoms with Crippen LogP contribution in [0.4, 0.5) is 0 Å². The molecule has 3 heteroatoms. The maximum Gasteiger partial charge on any atom is 0.136 e. The summed E-state index contributed by atoms with van der Waals surface area (Å²) in [5.41, 5.74) is 0.928. The summed E-state index contributed by atoms with van der Waals surface area (Å²) in [7, 11) is 0. The Hall–Kier alpha value is -0.440. The first kappa shape index (κ1) is 8.65. The number of hydrogen-bond acceptors (Lipinski definition) is 1. The van der Waals surface area contributed by atoms with Gasteiger partial charge in [0.05, 0.1) is 5.69 Å². The fourth-order valence-corrected chi connectivity index (χ4v) is 1.19. The van der Waals surface area contributed by atoms with Gasteiger partial charge in [-0.05, 0) is 18.4 Å². The van der Waals surface area contributed by atoms with E-state index in [1.807, 2.05) is 0 Å². The highest BCUT2D eigenvalue weighted by molar-refractivity contribution is 9.09. The molecule has 0 radical (unpaired) electrons. The number of aromatic hydroxyl groups is 1. The Morgan fingerprint density at radius 2 is 2.45 bits per heavy atom. The molecule has 1 aromatic heterocycles. The first-order chi connectivity index (χ1) is 5.24. The van der Waals surface area contributed by atoms with Crippen LogP contribution in [0, 0.1) is 5.92 Å². The molecule has 2 N–H and O–H groups in total. The van der Waals surface area contributed by atoms with Gasteiger partial charge in [-0.1, -0.05) is 22.9 Å². The molecule has 0 saturated heterocycles. The zero-order valence-electron chi connectivity index (χ0n) is 6.47. The minimum absolute atomic E-state index is 0.373. The summed E-state index contributed by atoms with van der Waals surface area (Å²) >= 11 is 3.39. The summed E-state index contributed by atoms with van der Waals surface area (Å²) in [5, 5.41) is 10.2. The topological polar surface area (TPSA) is 36.0 Å². The smallest absolute Gasteiger partial charge is 0.136 e. The van der Waals surface area contributed by atoms with E-state index < -0.39 is 0 Å². The highest BCUT2D eigenvalue weighted by Gasteiger charge is 2.06. The second-order valence-electron chi connectivity index (χ2n) is 2.81. The van der Waals surface area contributed by atoms with Crippen molar-refractivity contribution in [3.05, 3.63) is 18.0 Å². The molecule has 1 heterocycles. The van der Waals surface area contributed by atoms with Crippen LogP contribution in [0.1, 0.15) is 12.6 Å². The van der Waals surface area contributed by atoms with E-state index >= 15 is 0 Å². The summed E-state index contributed by atoms with van der Waals surface area (Å²) in [6, 6.07) is 1.68. The maximum absolute atomic E-state index is 9.25. The maximum atomic E-state index is 9.25. The number of rotatable bonds is 3. The van der Waals surface area contributed by atoms with Crippen LogP contribution in [0.3, 0.4) is 0 Å². The Morgan fingerprint density at radius 3 is 2.91 bits per heavy atom. The largest absolute Gasteiger partial charge is 0.506 e. The van der Waals surface area contributed by atoms with E-state index in [-0.39, 0.29) is 0 Å². The second-order valence-corrected chi connectivity index (χ2v) is 3.45. The van der Waals surface area contributed by atoms with Crippen LogP contribution >= 0.6 is 15.9 Å². The van der Waals surface area contributed by atoms with Crippen LogP contribution in [0.2, 0.25) is 0 Å². The molecule has 1 aromatic rings. The SMILES string of the molecule is CC(CBr)Cc1[nH]ccc1O. The van der Waals surface area contributed by atoms with Gasteiger partial charge in [0, 0.05) is 11.5 Å². The van der Waals surface area contributed by atoms with Crippen LogP contribution in [0.25, 0.3) is 0 Å². The van der Waals surface area contributed by atoms with Crippen molar-refractivity contribution >= 4 is 15.9 Å². The van der Waals surface area contributed by atoms with Gasteiger partial charge < -0.3 is 10.1 Å². The standard InChI is InChI=1S/C8H12BrNO/c1-6(5-9)4-7-8(11)2-3-10-7/h2-3,6,10-11H,4-5H2,1H3. The van der Waals surface area contributed by atoms with E-state index in [1.54, 1.807) is 12.3 Å². The lowest BCUT2D eigenvalue weighted by Gasteiger charge is -2.05. The summed E-state index contributed by atoms with van der Waals surface area (Å²) in [6.07, 6.45) is 2.65. The molecule has 2 nitrogen and oxygen atoms in total. The summed E-state index contributed by atoms with van der Waals surface area (Å²) in [4.78, 5) is 3.00. The monoisotopic (exact) mass is 217 g/mol. The third kappa shape index (κ3) is 2.26. The number of aromatic amines is 1. The number of aromatic nitrogens is 1. The zero-order valence-corrected chi connectivity index (χ0v) is 8.06. The van der Waals surface area contributed by atoms with Crippen molar-refractivity contribution in [2.24, 2.45) is 5.92 Å². The van der Waals surface area contributed by atoms with Crippen LogP contribution in [-0.2, 0) is 6.42 Å². The Kier molecular flexibility index (Phi) is 3.00. The predicted molar refractivity (Wildman–Crippen MR) is 49.1 cm³/mol.